The van der Waals surface area contributed by atoms with Gasteiger partial charge in [-0.15, -0.1) is 23.1 Å². The Kier molecular flexibility index (Phi) is 8.20. The smallest absolute Gasteiger partial charge is 0.337 e. The molecule has 0 atom stereocenters. The number of esters is 1. The minimum absolute atomic E-state index is 0.147. The van der Waals surface area contributed by atoms with Gasteiger partial charge in [0.25, 0.3) is 5.91 Å². The number of benzene rings is 2. The molecule has 0 aliphatic carbocycles. The number of carbonyl (C=O) groups excluding carboxylic acids is 3. The van der Waals surface area contributed by atoms with E-state index in [1.165, 1.54) is 23.3 Å². The highest BCUT2D eigenvalue weighted by Gasteiger charge is 2.26. The standard InChI is InChI=1S/C26H27N3O4S2/c1-33-26(32)19-4-3-5-20(15-19)27-24(31)22-16-35-25(28-22)18-10-12-29(13-11-18)23(30)14-17-6-8-21(34-2)9-7-17/h3-9,15-16,18H,10-14H2,1-2H3,(H,27,31). The van der Waals surface area contributed by atoms with Crippen LogP contribution in [0.5, 0.6) is 0 Å². The lowest BCUT2D eigenvalue weighted by Crippen LogP contribution is -2.38. The van der Waals surface area contributed by atoms with Crippen molar-refractivity contribution in [3.05, 3.63) is 75.7 Å². The van der Waals surface area contributed by atoms with Gasteiger partial charge < -0.3 is 15.0 Å². The Balaban J connectivity index is 1.30. The number of thioether (sulfide) groups is 1. The summed E-state index contributed by atoms with van der Waals surface area (Å²) in [6, 6.07) is 14.7. The molecule has 0 radical (unpaired) electrons. The monoisotopic (exact) mass is 509 g/mol. The molecule has 4 rings (SSSR count). The van der Waals surface area contributed by atoms with E-state index in [2.05, 4.69) is 10.3 Å². The molecule has 1 saturated heterocycles. The molecule has 2 aromatic carbocycles. The number of amides is 2. The van der Waals surface area contributed by atoms with Crippen LogP contribution in [0.25, 0.3) is 0 Å². The van der Waals surface area contributed by atoms with Gasteiger partial charge in [-0.1, -0.05) is 18.2 Å². The van der Waals surface area contributed by atoms with E-state index in [0.29, 0.717) is 36.5 Å². The van der Waals surface area contributed by atoms with Gasteiger partial charge in [0.2, 0.25) is 5.91 Å². The molecule has 0 bridgehead atoms. The first kappa shape index (κ1) is 24.9. The van der Waals surface area contributed by atoms with Gasteiger partial charge in [-0.2, -0.15) is 0 Å². The maximum Gasteiger partial charge on any atom is 0.337 e. The second kappa shape index (κ2) is 11.5. The van der Waals surface area contributed by atoms with Crippen molar-refractivity contribution < 1.29 is 19.1 Å². The predicted octanol–water partition coefficient (Wildman–Crippen LogP) is 4.85. The van der Waals surface area contributed by atoms with Gasteiger partial charge in [0.05, 0.1) is 24.1 Å². The Morgan fingerprint density at radius 2 is 1.89 bits per heavy atom. The van der Waals surface area contributed by atoms with Gasteiger partial charge in [-0.25, -0.2) is 9.78 Å². The molecule has 2 heterocycles. The molecule has 0 saturated carbocycles. The Bertz CT molecular complexity index is 1200. The largest absolute Gasteiger partial charge is 0.465 e. The molecule has 0 spiro atoms. The maximum atomic E-state index is 12.7. The number of carbonyl (C=O) groups is 3. The van der Waals surface area contributed by atoms with Crippen molar-refractivity contribution in [2.24, 2.45) is 0 Å². The lowest BCUT2D eigenvalue weighted by Gasteiger charge is -2.31. The maximum absolute atomic E-state index is 12.7. The molecular formula is C26H27N3O4S2. The molecular weight excluding hydrogens is 482 g/mol. The first-order valence-electron chi connectivity index (χ1n) is 11.3. The summed E-state index contributed by atoms with van der Waals surface area (Å²) in [5.41, 5.74) is 2.24. The van der Waals surface area contributed by atoms with E-state index >= 15 is 0 Å². The quantitative estimate of drug-likeness (QED) is 0.362. The highest BCUT2D eigenvalue weighted by Crippen LogP contribution is 2.31. The molecule has 2 amide bonds. The Morgan fingerprint density at radius 3 is 2.57 bits per heavy atom. The van der Waals surface area contributed by atoms with Crippen molar-refractivity contribution in [2.75, 3.05) is 31.8 Å². The van der Waals surface area contributed by atoms with Crippen molar-refractivity contribution in [3.8, 4) is 0 Å². The van der Waals surface area contributed by atoms with Gasteiger partial charge >= 0.3 is 5.97 Å². The van der Waals surface area contributed by atoms with Crippen LogP contribution in [-0.4, -0.2) is 54.1 Å². The topological polar surface area (TPSA) is 88.6 Å². The lowest BCUT2D eigenvalue weighted by molar-refractivity contribution is -0.131. The molecule has 1 aliphatic heterocycles. The van der Waals surface area contributed by atoms with Crippen LogP contribution in [0.1, 0.15) is 50.2 Å². The Hall–Kier alpha value is -3.17. The number of hydrogen-bond donors (Lipinski definition) is 1. The first-order chi connectivity index (χ1) is 17.0. The summed E-state index contributed by atoms with van der Waals surface area (Å²) in [6.07, 6.45) is 4.10. The summed E-state index contributed by atoms with van der Waals surface area (Å²) in [5, 5.41) is 5.46. The molecule has 35 heavy (non-hydrogen) atoms. The molecule has 1 N–H and O–H groups in total. The summed E-state index contributed by atoms with van der Waals surface area (Å²) in [4.78, 5) is 44.8. The van der Waals surface area contributed by atoms with Crippen LogP contribution in [-0.2, 0) is 16.0 Å². The van der Waals surface area contributed by atoms with Crippen molar-refractivity contribution in [1.29, 1.82) is 0 Å². The fourth-order valence-corrected chi connectivity index (χ4v) is 5.40. The fraction of sp³-hybridized carbons (Fsp3) is 0.308. The molecule has 1 aromatic heterocycles. The Labute approximate surface area is 212 Å². The van der Waals surface area contributed by atoms with Gasteiger partial charge in [0, 0.05) is 35.0 Å². The highest BCUT2D eigenvalue weighted by molar-refractivity contribution is 7.98. The number of thiazole rings is 1. The van der Waals surface area contributed by atoms with Crippen molar-refractivity contribution >= 4 is 46.6 Å². The predicted molar refractivity (Wildman–Crippen MR) is 138 cm³/mol. The average molecular weight is 510 g/mol. The summed E-state index contributed by atoms with van der Waals surface area (Å²) in [5.74, 6) is -0.409. The number of ether oxygens (including phenoxy) is 1. The zero-order valence-corrected chi connectivity index (χ0v) is 21.3. The van der Waals surface area contributed by atoms with Crippen LogP contribution in [0.4, 0.5) is 5.69 Å². The van der Waals surface area contributed by atoms with Gasteiger partial charge in [-0.05, 0) is 55.0 Å². The van der Waals surface area contributed by atoms with Crippen molar-refractivity contribution in [3.63, 3.8) is 0 Å². The number of hydrogen-bond acceptors (Lipinski definition) is 7. The van der Waals surface area contributed by atoms with Gasteiger partial charge in [-0.3, -0.25) is 9.59 Å². The van der Waals surface area contributed by atoms with E-state index in [1.807, 2.05) is 35.4 Å². The molecule has 3 aromatic rings. The number of nitrogens with one attached hydrogen (secondary N) is 1. The van der Waals surface area contributed by atoms with E-state index in [1.54, 1.807) is 41.4 Å². The highest BCUT2D eigenvalue weighted by atomic mass is 32.2. The lowest BCUT2D eigenvalue weighted by atomic mass is 9.97. The van der Waals surface area contributed by atoms with Crippen LogP contribution >= 0.6 is 23.1 Å². The first-order valence-corrected chi connectivity index (χ1v) is 13.4. The molecule has 182 valence electrons. The molecule has 1 fully saturated rings. The third kappa shape index (κ3) is 6.29. The van der Waals surface area contributed by atoms with E-state index in [0.717, 1.165) is 23.4 Å². The van der Waals surface area contributed by atoms with E-state index in [9.17, 15) is 14.4 Å². The van der Waals surface area contributed by atoms with Crippen LogP contribution in [0.15, 0.2) is 58.8 Å². The molecule has 9 heteroatoms. The number of methoxy groups -OCH3 is 1. The number of aromatic nitrogens is 1. The third-order valence-corrected chi connectivity index (χ3v) is 7.76. The number of piperidine rings is 1. The van der Waals surface area contributed by atoms with E-state index in [-0.39, 0.29) is 17.7 Å². The second-order valence-electron chi connectivity index (χ2n) is 8.28. The van der Waals surface area contributed by atoms with Crippen LogP contribution in [0, 0.1) is 0 Å². The van der Waals surface area contributed by atoms with Gasteiger partial charge in [0.15, 0.2) is 0 Å². The zero-order chi connectivity index (χ0) is 24.8. The van der Waals surface area contributed by atoms with Crippen molar-refractivity contribution in [1.82, 2.24) is 9.88 Å². The summed E-state index contributed by atoms with van der Waals surface area (Å²) < 4.78 is 4.72. The third-order valence-electron chi connectivity index (χ3n) is 6.01. The minimum atomic E-state index is -0.463. The number of rotatable bonds is 7. The van der Waals surface area contributed by atoms with Gasteiger partial charge in [0.1, 0.15) is 5.69 Å². The molecule has 0 unspecified atom stereocenters. The summed E-state index contributed by atoms with van der Waals surface area (Å²) in [6.45, 7) is 1.38. The van der Waals surface area contributed by atoms with E-state index in [4.69, 9.17) is 4.74 Å². The normalized spacial score (nSPS) is 13.9. The van der Waals surface area contributed by atoms with Crippen LogP contribution in [0.3, 0.4) is 0 Å². The van der Waals surface area contributed by atoms with Crippen molar-refractivity contribution in [2.45, 2.75) is 30.1 Å². The molecule has 7 nitrogen and oxygen atoms in total. The second-order valence-corrected chi connectivity index (χ2v) is 10.0. The summed E-state index contributed by atoms with van der Waals surface area (Å²) >= 11 is 3.16. The number of likely N-dealkylation sites (tertiary alicyclic amines) is 1. The Morgan fingerprint density at radius 1 is 1.14 bits per heavy atom. The SMILES string of the molecule is COC(=O)c1cccc(NC(=O)c2csc(C3CCN(C(=O)Cc4ccc(SC)cc4)CC3)n2)c1. The minimum Gasteiger partial charge on any atom is -0.465 e. The number of anilines is 1. The number of nitrogens with zero attached hydrogens (tertiary/aromatic N) is 2. The summed E-state index contributed by atoms with van der Waals surface area (Å²) in [7, 11) is 1.31. The molecule has 1 aliphatic rings. The van der Waals surface area contributed by atoms with Crippen LogP contribution < -0.4 is 5.32 Å². The average Bonchev–Trinajstić information content (AvgIpc) is 3.39. The fourth-order valence-electron chi connectivity index (χ4n) is 4.02. The zero-order valence-electron chi connectivity index (χ0n) is 19.7. The van der Waals surface area contributed by atoms with E-state index < -0.39 is 5.97 Å². The van der Waals surface area contributed by atoms with Crippen LogP contribution in [0.2, 0.25) is 0 Å².